The van der Waals surface area contributed by atoms with Crippen molar-refractivity contribution in [3.63, 3.8) is 0 Å². The maximum absolute atomic E-state index is 11.5. The molecule has 7 heteroatoms. The maximum atomic E-state index is 11.5. The van der Waals surface area contributed by atoms with Crippen LogP contribution in [0.2, 0.25) is 0 Å². The first kappa shape index (κ1) is 12.0. The first-order valence-corrected chi connectivity index (χ1v) is 5.68. The summed E-state index contributed by atoms with van der Waals surface area (Å²) in [6.45, 7) is 4.88. The zero-order chi connectivity index (χ0) is 12.1. The molecule has 1 fully saturated rings. The minimum absolute atomic E-state index is 0.241. The van der Waals surface area contributed by atoms with Gasteiger partial charge in [0, 0.05) is 19.7 Å². The van der Waals surface area contributed by atoms with Crippen LogP contribution in [0.5, 0.6) is 0 Å². The number of carbonyl (C=O) groups is 1. The molecule has 1 saturated heterocycles. The number of hydrogen-bond donors (Lipinski definition) is 1. The monoisotopic (exact) mass is 240 g/mol. The largest absolute Gasteiger partial charge is 0.458 e. The fourth-order valence-corrected chi connectivity index (χ4v) is 1.42. The van der Waals surface area contributed by atoms with E-state index in [1.54, 1.807) is 10.9 Å². The van der Waals surface area contributed by atoms with E-state index >= 15 is 0 Å². The summed E-state index contributed by atoms with van der Waals surface area (Å²) in [5, 5.41) is 10.8. The summed E-state index contributed by atoms with van der Waals surface area (Å²) in [4.78, 5) is 11.5. The Hall–Kier alpha value is -1.47. The molecule has 17 heavy (non-hydrogen) atoms. The molecule has 1 aromatic heterocycles. The fourth-order valence-electron chi connectivity index (χ4n) is 1.42. The molecule has 1 N–H and O–H groups in total. The summed E-state index contributed by atoms with van der Waals surface area (Å²) in [6.07, 6.45) is 1.62. The second kappa shape index (κ2) is 5.74. The molecule has 0 radical (unpaired) electrons. The predicted octanol–water partition coefficient (Wildman–Crippen LogP) is -0.384. The van der Waals surface area contributed by atoms with Crippen LogP contribution in [0.15, 0.2) is 6.20 Å². The van der Waals surface area contributed by atoms with Crippen molar-refractivity contribution in [3.8, 4) is 0 Å². The molecule has 94 valence electrons. The first-order chi connectivity index (χ1) is 8.31. The third-order valence-electron chi connectivity index (χ3n) is 2.52. The normalized spacial score (nSPS) is 15.6. The molecular formula is C10H16N4O3. The van der Waals surface area contributed by atoms with E-state index in [1.807, 2.05) is 6.92 Å². The van der Waals surface area contributed by atoms with Crippen LogP contribution in [0.1, 0.15) is 23.5 Å². The van der Waals surface area contributed by atoms with Gasteiger partial charge in [0.2, 0.25) is 0 Å². The highest BCUT2D eigenvalue weighted by molar-refractivity contribution is 5.86. The number of rotatable bonds is 6. The minimum atomic E-state index is -0.455. The van der Waals surface area contributed by atoms with Gasteiger partial charge in [0.1, 0.15) is 6.61 Å². The van der Waals surface area contributed by atoms with Gasteiger partial charge in [-0.2, -0.15) is 0 Å². The molecule has 1 aliphatic heterocycles. The van der Waals surface area contributed by atoms with Gasteiger partial charge in [-0.15, -0.1) is 5.10 Å². The highest BCUT2D eigenvalue weighted by atomic mass is 16.6. The van der Waals surface area contributed by atoms with Crippen molar-refractivity contribution in [3.05, 3.63) is 11.9 Å². The summed E-state index contributed by atoms with van der Waals surface area (Å²) in [7, 11) is 0. The van der Waals surface area contributed by atoms with Crippen LogP contribution in [-0.4, -0.2) is 53.9 Å². The maximum Gasteiger partial charge on any atom is 0.360 e. The Bertz CT molecular complexity index is 375. The van der Waals surface area contributed by atoms with E-state index < -0.39 is 5.97 Å². The van der Waals surface area contributed by atoms with E-state index in [9.17, 15) is 4.79 Å². The zero-order valence-electron chi connectivity index (χ0n) is 9.76. The van der Waals surface area contributed by atoms with Crippen LogP contribution in [0.4, 0.5) is 0 Å². The predicted molar refractivity (Wildman–Crippen MR) is 58.7 cm³/mol. The average molecular weight is 240 g/mol. The molecule has 0 spiro atoms. The van der Waals surface area contributed by atoms with Gasteiger partial charge in [0.15, 0.2) is 5.69 Å². The summed E-state index contributed by atoms with van der Waals surface area (Å²) in [6, 6.07) is 0.299. The van der Waals surface area contributed by atoms with Crippen molar-refractivity contribution in [1.82, 2.24) is 20.3 Å². The summed E-state index contributed by atoms with van der Waals surface area (Å²) in [5.41, 5.74) is 0.244. The van der Waals surface area contributed by atoms with Crippen LogP contribution in [-0.2, 0) is 9.47 Å². The molecule has 1 aromatic rings. The van der Waals surface area contributed by atoms with Gasteiger partial charge >= 0.3 is 5.97 Å². The smallest absolute Gasteiger partial charge is 0.360 e. The zero-order valence-corrected chi connectivity index (χ0v) is 9.76. The Morgan fingerprint density at radius 2 is 2.41 bits per heavy atom. The standard InChI is InChI=1S/C10H16N4O3/c1-2-16-3-4-17-10(15)9-7-14(13-12-9)8-5-11-6-8/h7-8,11H,2-6H2,1H3. The quantitative estimate of drug-likeness (QED) is 0.539. The minimum Gasteiger partial charge on any atom is -0.458 e. The van der Waals surface area contributed by atoms with Crippen molar-refractivity contribution in [2.45, 2.75) is 13.0 Å². The van der Waals surface area contributed by atoms with E-state index in [2.05, 4.69) is 15.6 Å². The SMILES string of the molecule is CCOCCOC(=O)c1cn(C2CNC2)nn1. The lowest BCUT2D eigenvalue weighted by Crippen LogP contribution is -2.43. The van der Waals surface area contributed by atoms with Gasteiger partial charge in [0.25, 0.3) is 0 Å². The highest BCUT2D eigenvalue weighted by Crippen LogP contribution is 2.10. The second-order valence-corrected chi connectivity index (χ2v) is 3.73. The van der Waals surface area contributed by atoms with Crippen LogP contribution >= 0.6 is 0 Å². The molecule has 0 unspecified atom stereocenters. The number of ether oxygens (including phenoxy) is 2. The molecule has 0 atom stereocenters. The third kappa shape index (κ3) is 3.01. The number of aromatic nitrogens is 3. The van der Waals surface area contributed by atoms with E-state index in [4.69, 9.17) is 9.47 Å². The van der Waals surface area contributed by atoms with E-state index in [0.29, 0.717) is 19.3 Å². The van der Waals surface area contributed by atoms with Crippen molar-refractivity contribution >= 4 is 5.97 Å². The second-order valence-electron chi connectivity index (χ2n) is 3.73. The Kier molecular flexibility index (Phi) is 4.05. The Morgan fingerprint density at radius 3 is 3.06 bits per heavy atom. The van der Waals surface area contributed by atoms with Gasteiger partial charge in [-0.1, -0.05) is 5.21 Å². The highest BCUT2D eigenvalue weighted by Gasteiger charge is 2.22. The van der Waals surface area contributed by atoms with Crippen molar-refractivity contribution in [2.75, 3.05) is 32.9 Å². The van der Waals surface area contributed by atoms with Crippen molar-refractivity contribution in [2.24, 2.45) is 0 Å². The van der Waals surface area contributed by atoms with E-state index in [1.165, 1.54) is 0 Å². The topological polar surface area (TPSA) is 78.3 Å². The van der Waals surface area contributed by atoms with Crippen LogP contribution < -0.4 is 5.32 Å². The van der Waals surface area contributed by atoms with Gasteiger partial charge < -0.3 is 14.8 Å². The number of nitrogens with zero attached hydrogens (tertiary/aromatic N) is 3. The molecule has 2 heterocycles. The van der Waals surface area contributed by atoms with Crippen molar-refractivity contribution < 1.29 is 14.3 Å². The molecular weight excluding hydrogens is 224 g/mol. The van der Waals surface area contributed by atoms with Crippen LogP contribution in [0, 0.1) is 0 Å². The van der Waals surface area contributed by atoms with Gasteiger partial charge in [-0.3, -0.25) is 0 Å². The summed E-state index contributed by atoms with van der Waals surface area (Å²) in [5.74, 6) is -0.455. The Labute approximate surface area is 99.1 Å². The summed E-state index contributed by atoms with van der Waals surface area (Å²) < 4.78 is 11.7. The van der Waals surface area contributed by atoms with Gasteiger partial charge in [0.05, 0.1) is 18.8 Å². The van der Waals surface area contributed by atoms with E-state index in [-0.39, 0.29) is 12.3 Å². The molecule has 0 aromatic carbocycles. The van der Waals surface area contributed by atoms with Crippen LogP contribution in [0.25, 0.3) is 0 Å². The molecule has 2 rings (SSSR count). The molecule has 0 bridgehead atoms. The lowest BCUT2D eigenvalue weighted by atomic mass is 10.2. The van der Waals surface area contributed by atoms with Crippen molar-refractivity contribution in [1.29, 1.82) is 0 Å². The average Bonchev–Trinajstić information content (AvgIpc) is 2.71. The number of hydrogen-bond acceptors (Lipinski definition) is 6. The van der Waals surface area contributed by atoms with E-state index in [0.717, 1.165) is 13.1 Å². The lowest BCUT2D eigenvalue weighted by Gasteiger charge is -2.26. The van der Waals surface area contributed by atoms with Gasteiger partial charge in [-0.25, -0.2) is 9.48 Å². The number of esters is 1. The molecule has 0 aliphatic carbocycles. The molecule has 0 amide bonds. The van der Waals surface area contributed by atoms with Gasteiger partial charge in [-0.05, 0) is 6.92 Å². The molecule has 1 aliphatic rings. The fraction of sp³-hybridized carbons (Fsp3) is 0.700. The first-order valence-electron chi connectivity index (χ1n) is 5.68. The third-order valence-corrected chi connectivity index (χ3v) is 2.52. The summed E-state index contributed by atoms with van der Waals surface area (Å²) >= 11 is 0. The number of nitrogens with one attached hydrogen (secondary N) is 1. The lowest BCUT2D eigenvalue weighted by molar-refractivity contribution is 0.0329. The molecule has 0 saturated carbocycles. The Balaban J connectivity index is 1.80. The number of carbonyl (C=O) groups excluding carboxylic acids is 1. The van der Waals surface area contributed by atoms with Crippen LogP contribution in [0.3, 0.4) is 0 Å². The molecule has 7 nitrogen and oxygen atoms in total. The Morgan fingerprint density at radius 1 is 1.59 bits per heavy atom.